The highest BCUT2D eigenvalue weighted by Crippen LogP contribution is 2.18. The lowest BCUT2D eigenvalue weighted by molar-refractivity contribution is 1.12. The zero-order chi connectivity index (χ0) is 12.1. The molecule has 0 aliphatic carbocycles. The molecule has 0 radical (unpaired) electrons. The maximum atomic E-state index is 8.94. The molecule has 2 aromatic rings. The van der Waals surface area contributed by atoms with Crippen LogP contribution < -0.4 is 5.32 Å². The lowest BCUT2D eigenvalue weighted by Gasteiger charge is -2.08. The number of hydrogen-bond donors (Lipinski definition) is 1. The van der Waals surface area contributed by atoms with Gasteiger partial charge in [-0.25, -0.2) is 0 Å². The Labute approximate surface area is 108 Å². The molecule has 1 aromatic carbocycles. The molecule has 0 fully saturated rings. The smallest absolute Gasteiger partial charge is 0.101 e. The van der Waals surface area contributed by atoms with Crippen LogP contribution in [-0.4, -0.2) is 4.98 Å². The van der Waals surface area contributed by atoms with E-state index in [9.17, 15) is 0 Å². The standard InChI is InChI=1S/C13H10BrN3/c14-12-4-2-1-3-11(12)8-17-13-9-16-6-5-10(13)7-15/h1-6,9,17H,8H2. The van der Waals surface area contributed by atoms with Crippen molar-refractivity contribution in [3.05, 3.63) is 58.3 Å². The molecule has 2 rings (SSSR count). The van der Waals surface area contributed by atoms with Crippen LogP contribution in [0, 0.1) is 11.3 Å². The summed E-state index contributed by atoms with van der Waals surface area (Å²) in [5.74, 6) is 0. The summed E-state index contributed by atoms with van der Waals surface area (Å²) in [4.78, 5) is 4.00. The van der Waals surface area contributed by atoms with Crippen molar-refractivity contribution in [2.24, 2.45) is 0 Å². The van der Waals surface area contributed by atoms with E-state index in [1.54, 1.807) is 18.5 Å². The third-order valence-corrected chi connectivity index (χ3v) is 3.14. The van der Waals surface area contributed by atoms with E-state index in [1.165, 1.54) is 0 Å². The van der Waals surface area contributed by atoms with E-state index < -0.39 is 0 Å². The number of aromatic nitrogens is 1. The number of rotatable bonds is 3. The molecule has 1 heterocycles. The molecule has 0 spiro atoms. The Morgan fingerprint density at radius 1 is 1.29 bits per heavy atom. The predicted octanol–water partition coefficient (Wildman–Crippen LogP) is 3.33. The van der Waals surface area contributed by atoms with Gasteiger partial charge in [0.1, 0.15) is 6.07 Å². The van der Waals surface area contributed by atoms with E-state index in [1.807, 2.05) is 24.3 Å². The number of benzene rings is 1. The quantitative estimate of drug-likeness (QED) is 0.942. The summed E-state index contributed by atoms with van der Waals surface area (Å²) in [5, 5.41) is 12.1. The summed E-state index contributed by atoms with van der Waals surface area (Å²) in [7, 11) is 0. The Morgan fingerprint density at radius 3 is 2.88 bits per heavy atom. The van der Waals surface area contributed by atoms with Gasteiger partial charge in [0.05, 0.1) is 17.4 Å². The van der Waals surface area contributed by atoms with Gasteiger partial charge in [0.2, 0.25) is 0 Å². The predicted molar refractivity (Wildman–Crippen MR) is 70.4 cm³/mol. The average Bonchev–Trinajstić information content (AvgIpc) is 2.38. The number of nitriles is 1. The van der Waals surface area contributed by atoms with Gasteiger partial charge in [0, 0.05) is 17.2 Å². The highest BCUT2D eigenvalue weighted by atomic mass is 79.9. The van der Waals surface area contributed by atoms with Crippen molar-refractivity contribution in [1.29, 1.82) is 5.26 Å². The topological polar surface area (TPSA) is 48.7 Å². The van der Waals surface area contributed by atoms with Crippen LogP contribution in [0.4, 0.5) is 5.69 Å². The van der Waals surface area contributed by atoms with Gasteiger partial charge < -0.3 is 5.32 Å². The first-order chi connectivity index (χ1) is 8.31. The Kier molecular flexibility index (Phi) is 3.73. The zero-order valence-corrected chi connectivity index (χ0v) is 10.6. The van der Waals surface area contributed by atoms with Crippen molar-refractivity contribution in [1.82, 2.24) is 4.98 Å². The van der Waals surface area contributed by atoms with E-state index in [-0.39, 0.29) is 0 Å². The second kappa shape index (κ2) is 5.46. The van der Waals surface area contributed by atoms with Crippen LogP contribution in [0.1, 0.15) is 11.1 Å². The fourth-order valence-electron chi connectivity index (χ4n) is 1.47. The molecule has 4 heteroatoms. The van der Waals surface area contributed by atoms with Crippen LogP contribution in [0.2, 0.25) is 0 Å². The molecule has 1 aromatic heterocycles. The zero-order valence-electron chi connectivity index (χ0n) is 9.02. The van der Waals surface area contributed by atoms with Gasteiger partial charge in [0.15, 0.2) is 0 Å². The molecule has 17 heavy (non-hydrogen) atoms. The SMILES string of the molecule is N#Cc1ccncc1NCc1ccccc1Br. The van der Waals surface area contributed by atoms with Crippen LogP contribution in [0.25, 0.3) is 0 Å². The van der Waals surface area contributed by atoms with Crippen molar-refractivity contribution in [3.8, 4) is 6.07 Å². The molecular weight excluding hydrogens is 278 g/mol. The molecule has 3 nitrogen and oxygen atoms in total. The van der Waals surface area contributed by atoms with Gasteiger partial charge in [-0.2, -0.15) is 5.26 Å². The van der Waals surface area contributed by atoms with Crippen molar-refractivity contribution < 1.29 is 0 Å². The monoisotopic (exact) mass is 287 g/mol. The molecular formula is C13H10BrN3. The van der Waals surface area contributed by atoms with Gasteiger partial charge in [-0.15, -0.1) is 0 Å². The number of nitrogens with zero attached hydrogens (tertiary/aromatic N) is 2. The highest BCUT2D eigenvalue weighted by molar-refractivity contribution is 9.10. The summed E-state index contributed by atoms with van der Waals surface area (Å²) in [6, 6.07) is 11.8. The Balaban J connectivity index is 2.13. The molecule has 0 bridgehead atoms. The minimum Gasteiger partial charge on any atom is -0.379 e. The first kappa shape index (κ1) is 11.6. The summed E-state index contributed by atoms with van der Waals surface area (Å²) in [6.07, 6.45) is 3.28. The lowest BCUT2D eigenvalue weighted by atomic mass is 10.2. The molecule has 0 saturated heterocycles. The second-order valence-electron chi connectivity index (χ2n) is 3.48. The lowest BCUT2D eigenvalue weighted by Crippen LogP contribution is -2.02. The van der Waals surface area contributed by atoms with Crippen LogP contribution >= 0.6 is 15.9 Å². The Hall–Kier alpha value is -1.86. The number of nitrogens with one attached hydrogen (secondary N) is 1. The second-order valence-corrected chi connectivity index (χ2v) is 4.33. The minimum absolute atomic E-state index is 0.604. The van der Waals surface area contributed by atoms with Gasteiger partial charge in [-0.1, -0.05) is 34.1 Å². The maximum Gasteiger partial charge on any atom is 0.101 e. The average molecular weight is 288 g/mol. The molecule has 0 atom stereocenters. The Bertz CT molecular complexity index is 561. The van der Waals surface area contributed by atoms with Crippen LogP contribution in [-0.2, 0) is 6.54 Å². The van der Waals surface area contributed by atoms with Crippen molar-refractivity contribution in [2.45, 2.75) is 6.54 Å². The maximum absolute atomic E-state index is 8.94. The molecule has 0 amide bonds. The summed E-state index contributed by atoms with van der Waals surface area (Å²) < 4.78 is 1.05. The van der Waals surface area contributed by atoms with Gasteiger partial charge in [0.25, 0.3) is 0 Å². The fourth-order valence-corrected chi connectivity index (χ4v) is 1.89. The normalized spacial score (nSPS) is 9.65. The van der Waals surface area contributed by atoms with Gasteiger partial charge in [-0.3, -0.25) is 4.98 Å². The molecule has 0 aliphatic rings. The van der Waals surface area contributed by atoms with E-state index >= 15 is 0 Å². The number of anilines is 1. The molecule has 0 aliphatic heterocycles. The summed E-state index contributed by atoms with van der Waals surface area (Å²) in [5.41, 5.74) is 2.50. The van der Waals surface area contributed by atoms with Gasteiger partial charge >= 0.3 is 0 Å². The summed E-state index contributed by atoms with van der Waals surface area (Å²) in [6.45, 7) is 0.655. The van der Waals surface area contributed by atoms with Gasteiger partial charge in [-0.05, 0) is 17.7 Å². The molecule has 0 saturated carbocycles. The number of halogens is 1. The fraction of sp³-hybridized carbons (Fsp3) is 0.0769. The van der Waals surface area contributed by atoms with E-state index in [2.05, 4.69) is 32.3 Å². The van der Waals surface area contributed by atoms with Crippen molar-refractivity contribution in [2.75, 3.05) is 5.32 Å². The minimum atomic E-state index is 0.604. The summed E-state index contributed by atoms with van der Waals surface area (Å²) >= 11 is 3.48. The van der Waals surface area contributed by atoms with Crippen LogP contribution in [0.15, 0.2) is 47.2 Å². The molecule has 84 valence electrons. The van der Waals surface area contributed by atoms with E-state index in [0.717, 1.165) is 15.7 Å². The van der Waals surface area contributed by atoms with E-state index in [0.29, 0.717) is 12.1 Å². The van der Waals surface area contributed by atoms with Crippen LogP contribution in [0.5, 0.6) is 0 Å². The van der Waals surface area contributed by atoms with Crippen molar-refractivity contribution >= 4 is 21.6 Å². The first-order valence-corrected chi connectivity index (χ1v) is 5.92. The van der Waals surface area contributed by atoms with Crippen LogP contribution in [0.3, 0.4) is 0 Å². The van der Waals surface area contributed by atoms with Crippen molar-refractivity contribution in [3.63, 3.8) is 0 Å². The third kappa shape index (κ3) is 2.83. The van der Waals surface area contributed by atoms with E-state index in [4.69, 9.17) is 5.26 Å². The Morgan fingerprint density at radius 2 is 2.12 bits per heavy atom. The molecule has 0 unspecified atom stereocenters. The number of pyridine rings is 1. The third-order valence-electron chi connectivity index (χ3n) is 2.37. The first-order valence-electron chi connectivity index (χ1n) is 5.12. The number of hydrogen-bond acceptors (Lipinski definition) is 3. The largest absolute Gasteiger partial charge is 0.379 e. The highest BCUT2D eigenvalue weighted by Gasteiger charge is 2.02. The molecule has 1 N–H and O–H groups in total.